The van der Waals surface area contributed by atoms with Crippen LogP contribution in [0, 0.1) is 6.92 Å². The maximum atomic E-state index is 10.5. The molecule has 1 aromatic carbocycles. The second kappa shape index (κ2) is 5.04. The molecule has 1 aromatic heterocycles. The van der Waals surface area contributed by atoms with E-state index in [0.29, 0.717) is 6.42 Å². The Kier molecular flexibility index (Phi) is 3.46. The molecule has 0 aliphatic carbocycles. The van der Waals surface area contributed by atoms with Crippen molar-refractivity contribution in [3.63, 3.8) is 0 Å². The normalized spacial score (nSPS) is 10.6. The minimum absolute atomic E-state index is 0.172. The fraction of sp³-hybridized carbons (Fsp3) is 0.286. The summed E-state index contributed by atoms with van der Waals surface area (Å²) < 4.78 is 1.77. The maximum Gasteiger partial charge on any atom is 0.303 e. The van der Waals surface area contributed by atoms with Gasteiger partial charge in [-0.3, -0.25) is 9.48 Å². The lowest BCUT2D eigenvalue weighted by molar-refractivity contribution is -0.136. The minimum atomic E-state index is -0.760. The first-order valence-electron chi connectivity index (χ1n) is 5.86. The number of rotatable bonds is 4. The van der Waals surface area contributed by atoms with Crippen LogP contribution in [0.25, 0.3) is 11.1 Å². The van der Waals surface area contributed by atoms with Crippen LogP contribution in [0.5, 0.6) is 0 Å². The number of carbonyl (C=O) groups is 1. The van der Waals surface area contributed by atoms with Crippen molar-refractivity contribution in [2.45, 2.75) is 19.8 Å². The third kappa shape index (κ3) is 2.77. The van der Waals surface area contributed by atoms with Gasteiger partial charge in [0, 0.05) is 25.2 Å². The second-order valence-electron chi connectivity index (χ2n) is 4.45. The van der Waals surface area contributed by atoms with Crippen molar-refractivity contribution in [2.24, 2.45) is 7.05 Å². The molecule has 4 heteroatoms. The van der Waals surface area contributed by atoms with Crippen molar-refractivity contribution >= 4 is 5.97 Å². The summed E-state index contributed by atoms with van der Waals surface area (Å²) in [6.45, 7) is 2.03. The third-order valence-electron chi connectivity index (χ3n) is 2.93. The van der Waals surface area contributed by atoms with Crippen LogP contribution in [0.4, 0.5) is 0 Å². The average molecular weight is 244 g/mol. The summed E-state index contributed by atoms with van der Waals surface area (Å²) in [4.78, 5) is 10.5. The van der Waals surface area contributed by atoms with Gasteiger partial charge in [-0.15, -0.1) is 0 Å². The number of aliphatic carboxylic acids is 1. The molecule has 2 rings (SSSR count). The zero-order valence-corrected chi connectivity index (χ0v) is 10.6. The topological polar surface area (TPSA) is 55.1 Å². The van der Waals surface area contributed by atoms with Crippen LogP contribution in [-0.4, -0.2) is 20.9 Å². The molecule has 0 saturated heterocycles. The smallest absolute Gasteiger partial charge is 0.303 e. The molecule has 1 N–H and O–H groups in total. The fourth-order valence-electron chi connectivity index (χ4n) is 2.02. The van der Waals surface area contributed by atoms with E-state index in [-0.39, 0.29) is 6.42 Å². The summed E-state index contributed by atoms with van der Waals surface area (Å²) in [5.41, 5.74) is 4.43. The monoisotopic (exact) mass is 244 g/mol. The van der Waals surface area contributed by atoms with E-state index in [2.05, 4.69) is 5.10 Å². The van der Waals surface area contributed by atoms with E-state index in [1.165, 1.54) is 0 Å². The molecule has 0 saturated carbocycles. The summed E-state index contributed by atoms with van der Waals surface area (Å²) in [5.74, 6) is -0.760. The van der Waals surface area contributed by atoms with Crippen LogP contribution >= 0.6 is 0 Å². The Labute approximate surface area is 106 Å². The van der Waals surface area contributed by atoms with Gasteiger partial charge in [0.05, 0.1) is 6.20 Å². The number of nitrogens with zero attached hydrogens (tertiary/aromatic N) is 2. The molecule has 0 atom stereocenters. The summed E-state index contributed by atoms with van der Waals surface area (Å²) in [6.07, 6.45) is 4.55. The number of benzene rings is 1. The van der Waals surface area contributed by atoms with Gasteiger partial charge >= 0.3 is 5.97 Å². The second-order valence-corrected chi connectivity index (χ2v) is 4.45. The number of aryl methyl sites for hydroxylation is 3. The first-order chi connectivity index (χ1) is 8.56. The molecule has 0 spiro atoms. The lowest BCUT2D eigenvalue weighted by Crippen LogP contribution is -1.97. The molecule has 2 aromatic rings. The third-order valence-corrected chi connectivity index (χ3v) is 2.93. The van der Waals surface area contributed by atoms with Crippen molar-refractivity contribution in [1.82, 2.24) is 9.78 Å². The van der Waals surface area contributed by atoms with E-state index in [0.717, 1.165) is 22.3 Å². The Morgan fingerprint density at radius 1 is 1.44 bits per heavy atom. The zero-order chi connectivity index (χ0) is 13.1. The Hall–Kier alpha value is -2.10. The van der Waals surface area contributed by atoms with Crippen molar-refractivity contribution in [1.29, 1.82) is 0 Å². The van der Waals surface area contributed by atoms with Crippen LogP contribution in [0.15, 0.2) is 30.6 Å². The SMILES string of the molecule is Cc1cc(CCC(=O)O)ccc1-c1cnn(C)c1. The van der Waals surface area contributed by atoms with Gasteiger partial charge in [0.15, 0.2) is 0 Å². The summed E-state index contributed by atoms with van der Waals surface area (Å²) in [6, 6.07) is 6.06. The maximum absolute atomic E-state index is 10.5. The van der Waals surface area contributed by atoms with E-state index in [1.54, 1.807) is 4.68 Å². The van der Waals surface area contributed by atoms with E-state index < -0.39 is 5.97 Å². The number of carboxylic acid groups (broad SMARTS) is 1. The van der Waals surface area contributed by atoms with Gasteiger partial charge in [-0.2, -0.15) is 5.10 Å². The lowest BCUT2D eigenvalue weighted by atomic mass is 9.99. The van der Waals surface area contributed by atoms with Gasteiger partial charge in [0.1, 0.15) is 0 Å². The lowest BCUT2D eigenvalue weighted by Gasteiger charge is -2.06. The molecule has 1 heterocycles. The standard InChI is InChI=1S/C14H16N2O2/c1-10-7-11(4-6-14(17)18)3-5-13(10)12-8-15-16(2)9-12/h3,5,7-9H,4,6H2,1-2H3,(H,17,18). The van der Waals surface area contributed by atoms with Crippen LogP contribution in [-0.2, 0) is 18.3 Å². The van der Waals surface area contributed by atoms with Gasteiger partial charge in [0.25, 0.3) is 0 Å². The summed E-state index contributed by atoms with van der Waals surface area (Å²) in [7, 11) is 1.89. The molecule has 0 radical (unpaired) electrons. The molecule has 0 aliphatic rings. The van der Waals surface area contributed by atoms with Gasteiger partial charge in [-0.1, -0.05) is 18.2 Å². The van der Waals surface area contributed by atoms with Crippen molar-refractivity contribution in [3.8, 4) is 11.1 Å². The predicted octanol–water partition coefficient (Wildman–Crippen LogP) is 2.41. The Balaban J connectivity index is 2.22. The predicted molar refractivity (Wildman–Crippen MR) is 69.3 cm³/mol. The number of hydrogen-bond donors (Lipinski definition) is 1. The van der Waals surface area contributed by atoms with Crippen molar-refractivity contribution in [2.75, 3.05) is 0 Å². The van der Waals surface area contributed by atoms with Crippen molar-refractivity contribution < 1.29 is 9.90 Å². The molecular formula is C14H16N2O2. The molecule has 0 aliphatic heterocycles. The van der Waals surface area contributed by atoms with Gasteiger partial charge < -0.3 is 5.11 Å². The van der Waals surface area contributed by atoms with Crippen LogP contribution < -0.4 is 0 Å². The van der Waals surface area contributed by atoms with Crippen LogP contribution in [0.1, 0.15) is 17.5 Å². The molecule has 4 nitrogen and oxygen atoms in total. The van der Waals surface area contributed by atoms with E-state index in [1.807, 2.05) is 44.6 Å². The highest BCUT2D eigenvalue weighted by atomic mass is 16.4. The molecule has 0 amide bonds. The summed E-state index contributed by atoms with van der Waals surface area (Å²) >= 11 is 0. The van der Waals surface area contributed by atoms with Gasteiger partial charge in [-0.05, 0) is 30.0 Å². The zero-order valence-electron chi connectivity index (χ0n) is 10.6. The Bertz CT molecular complexity index is 573. The van der Waals surface area contributed by atoms with Gasteiger partial charge in [-0.25, -0.2) is 0 Å². The molecule has 0 fully saturated rings. The van der Waals surface area contributed by atoms with Crippen molar-refractivity contribution in [3.05, 3.63) is 41.7 Å². The average Bonchev–Trinajstić information content (AvgIpc) is 2.73. The fourth-order valence-corrected chi connectivity index (χ4v) is 2.02. The quantitative estimate of drug-likeness (QED) is 0.898. The van der Waals surface area contributed by atoms with E-state index >= 15 is 0 Å². The highest BCUT2D eigenvalue weighted by molar-refractivity contribution is 5.68. The van der Waals surface area contributed by atoms with E-state index in [4.69, 9.17) is 5.11 Å². The first-order valence-corrected chi connectivity index (χ1v) is 5.86. The van der Waals surface area contributed by atoms with E-state index in [9.17, 15) is 4.79 Å². The van der Waals surface area contributed by atoms with Crippen LogP contribution in [0.2, 0.25) is 0 Å². The molecular weight excluding hydrogens is 228 g/mol. The highest BCUT2D eigenvalue weighted by Crippen LogP contribution is 2.24. The Morgan fingerprint density at radius 2 is 2.22 bits per heavy atom. The molecule has 0 bridgehead atoms. The minimum Gasteiger partial charge on any atom is -0.481 e. The number of aromatic nitrogens is 2. The summed E-state index contributed by atoms with van der Waals surface area (Å²) in [5, 5.41) is 12.8. The molecule has 0 unspecified atom stereocenters. The number of carboxylic acids is 1. The Morgan fingerprint density at radius 3 is 2.78 bits per heavy atom. The molecule has 18 heavy (non-hydrogen) atoms. The largest absolute Gasteiger partial charge is 0.481 e. The first kappa shape index (κ1) is 12.4. The highest BCUT2D eigenvalue weighted by Gasteiger charge is 2.06. The number of hydrogen-bond acceptors (Lipinski definition) is 2. The van der Waals surface area contributed by atoms with Gasteiger partial charge in [0.2, 0.25) is 0 Å². The molecule has 94 valence electrons. The van der Waals surface area contributed by atoms with Crippen LogP contribution in [0.3, 0.4) is 0 Å².